The Morgan fingerprint density at radius 1 is 1.25 bits per heavy atom. The number of hydrogen-bond donors (Lipinski definition) is 0. The van der Waals surface area contributed by atoms with Gasteiger partial charge in [-0.15, -0.1) is 6.42 Å². The highest BCUT2D eigenvalue weighted by atomic mass is 15.1. The van der Waals surface area contributed by atoms with Crippen LogP contribution in [0.1, 0.15) is 27.9 Å². The zero-order valence-corrected chi connectivity index (χ0v) is 13.4. The van der Waals surface area contributed by atoms with Crippen molar-refractivity contribution in [3.05, 3.63) is 77.6 Å². The van der Waals surface area contributed by atoms with Gasteiger partial charge >= 0.3 is 0 Å². The SMILES string of the molecule is C#Cc1cncc2c1C=CN(Cc1cn3cc(C)ccc3n1)C2=C. The van der Waals surface area contributed by atoms with Crippen LogP contribution in [-0.4, -0.2) is 19.3 Å². The summed E-state index contributed by atoms with van der Waals surface area (Å²) in [6, 6.07) is 4.09. The van der Waals surface area contributed by atoms with Crippen molar-refractivity contribution in [1.82, 2.24) is 19.3 Å². The van der Waals surface area contributed by atoms with Crippen LogP contribution in [0.3, 0.4) is 0 Å². The van der Waals surface area contributed by atoms with Gasteiger partial charge in [0, 0.05) is 47.8 Å². The van der Waals surface area contributed by atoms with Gasteiger partial charge in [0.05, 0.1) is 17.8 Å². The Balaban J connectivity index is 1.66. The van der Waals surface area contributed by atoms with Gasteiger partial charge < -0.3 is 9.30 Å². The molecule has 0 atom stereocenters. The molecule has 116 valence electrons. The van der Waals surface area contributed by atoms with E-state index in [2.05, 4.69) is 52.8 Å². The number of imidazole rings is 1. The Morgan fingerprint density at radius 2 is 2.12 bits per heavy atom. The largest absolute Gasteiger partial charge is 0.342 e. The molecule has 3 aromatic heterocycles. The number of nitrogens with zero attached hydrogens (tertiary/aromatic N) is 4. The van der Waals surface area contributed by atoms with Crippen LogP contribution in [0.4, 0.5) is 0 Å². The highest BCUT2D eigenvalue weighted by Gasteiger charge is 2.18. The molecule has 3 aromatic rings. The molecule has 1 aliphatic heterocycles. The highest BCUT2D eigenvalue weighted by molar-refractivity contribution is 5.78. The summed E-state index contributed by atoms with van der Waals surface area (Å²) in [5, 5.41) is 0. The van der Waals surface area contributed by atoms with E-state index in [0.717, 1.165) is 33.7 Å². The Morgan fingerprint density at radius 3 is 2.96 bits per heavy atom. The lowest BCUT2D eigenvalue weighted by molar-refractivity contribution is 0.519. The summed E-state index contributed by atoms with van der Waals surface area (Å²) >= 11 is 0. The van der Waals surface area contributed by atoms with Gasteiger partial charge in [0.2, 0.25) is 0 Å². The monoisotopic (exact) mass is 312 g/mol. The molecule has 0 radical (unpaired) electrons. The number of rotatable bonds is 2. The van der Waals surface area contributed by atoms with Crippen molar-refractivity contribution in [2.75, 3.05) is 0 Å². The van der Waals surface area contributed by atoms with E-state index in [9.17, 15) is 0 Å². The van der Waals surface area contributed by atoms with E-state index in [4.69, 9.17) is 6.42 Å². The van der Waals surface area contributed by atoms with E-state index in [0.29, 0.717) is 6.54 Å². The topological polar surface area (TPSA) is 33.4 Å². The van der Waals surface area contributed by atoms with Crippen molar-refractivity contribution in [3.8, 4) is 12.3 Å². The second-order valence-corrected chi connectivity index (χ2v) is 5.89. The number of aromatic nitrogens is 3. The van der Waals surface area contributed by atoms with Crippen molar-refractivity contribution in [2.45, 2.75) is 13.5 Å². The summed E-state index contributed by atoms with van der Waals surface area (Å²) in [6.45, 7) is 6.93. The minimum atomic E-state index is 0.649. The maximum Gasteiger partial charge on any atom is 0.137 e. The van der Waals surface area contributed by atoms with Crippen molar-refractivity contribution < 1.29 is 0 Å². The van der Waals surface area contributed by atoms with Gasteiger partial charge in [0.1, 0.15) is 5.65 Å². The number of fused-ring (bicyclic) bond motifs is 2. The van der Waals surface area contributed by atoms with E-state index in [1.54, 1.807) is 6.20 Å². The summed E-state index contributed by atoms with van der Waals surface area (Å²) in [5.41, 5.74) is 6.76. The summed E-state index contributed by atoms with van der Waals surface area (Å²) in [5.74, 6) is 2.67. The highest BCUT2D eigenvalue weighted by Crippen LogP contribution is 2.30. The van der Waals surface area contributed by atoms with Gasteiger partial charge in [-0.3, -0.25) is 4.98 Å². The van der Waals surface area contributed by atoms with Crippen LogP contribution in [0.25, 0.3) is 17.4 Å². The average Bonchev–Trinajstić information content (AvgIpc) is 2.98. The number of hydrogen-bond acceptors (Lipinski definition) is 3. The van der Waals surface area contributed by atoms with Crippen LogP contribution in [0.2, 0.25) is 0 Å². The van der Waals surface area contributed by atoms with Crippen LogP contribution in [-0.2, 0) is 6.54 Å². The summed E-state index contributed by atoms with van der Waals surface area (Å²) in [7, 11) is 0. The van der Waals surface area contributed by atoms with Crippen molar-refractivity contribution in [2.24, 2.45) is 0 Å². The van der Waals surface area contributed by atoms with E-state index < -0.39 is 0 Å². The van der Waals surface area contributed by atoms with E-state index in [1.807, 2.05) is 28.9 Å². The van der Waals surface area contributed by atoms with E-state index >= 15 is 0 Å². The lowest BCUT2D eigenvalue weighted by Crippen LogP contribution is -2.18. The van der Waals surface area contributed by atoms with Crippen LogP contribution < -0.4 is 0 Å². The third kappa shape index (κ3) is 2.27. The van der Waals surface area contributed by atoms with Gasteiger partial charge in [-0.05, 0) is 24.6 Å². The molecule has 0 aromatic carbocycles. The molecule has 4 nitrogen and oxygen atoms in total. The van der Waals surface area contributed by atoms with Crippen molar-refractivity contribution in [3.63, 3.8) is 0 Å². The Bertz CT molecular complexity index is 1030. The fraction of sp³-hybridized carbons (Fsp3) is 0.100. The zero-order chi connectivity index (χ0) is 16.7. The number of pyridine rings is 2. The van der Waals surface area contributed by atoms with Crippen LogP contribution >= 0.6 is 0 Å². The zero-order valence-electron chi connectivity index (χ0n) is 13.4. The molecular weight excluding hydrogens is 296 g/mol. The molecule has 4 rings (SSSR count). The van der Waals surface area contributed by atoms with Crippen LogP contribution in [0.5, 0.6) is 0 Å². The Hall–Kier alpha value is -3.32. The normalized spacial score (nSPS) is 13.2. The molecule has 0 fully saturated rings. The molecule has 0 spiro atoms. The van der Waals surface area contributed by atoms with Gasteiger partial charge in [-0.2, -0.15) is 0 Å². The van der Waals surface area contributed by atoms with Crippen LogP contribution in [0, 0.1) is 19.3 Å². The summed E-state index contributed by atoms with van der Waals surface area (Å²) in [4.78, 5) is 11.0. The molecule has 4 heteroatoms. The van der Waals surface area contributed by atoms with Gasteiger partial charge in [0.25, 0.3) is 0 Å². The van der Waals surface area contributed by atoms with Crippen LogP contribution in [0.15, 0.2) is 49.7 Å². The summed E-state index contributed by atoms with van der Waals surface area (Å²) in [6.07, 6.45) is 17.2. The maximum absolute atomic E-state index is 5.55. The molecule has 0 unspecified atom stereocenters. The lowest BCUT2D eigenvalue weighted by Gasteiger charge is -2.27. The molecule has 1 aliphatic rings. The lowest BCUT2D eigenvalue weighted by atomic mass is 9.99. The predicted molar refractivity (Wildman–Crippen MR) is 95.7 cm³/mol. The molecule has 24 heavy (non-hydrogen) atoms. The molecule has 0 amide bonds. The van der Waals surface area contributed by atoms with E-state index in [1.165, 1.54) is 5.56 Å². The first kappa shape index (κ1) is 14.3. The third-order valence-electron chi connectivity index (χ3n) is 4.20. The molecule has 0 aliphatic carbocycles. The first-order valence-electron chi connectivity index (χ1n) is 7.68. The van der Waals surface area contributed by atoms with Crippen molar-refractivity contribution in [1.29, 1.82) is 0 Å². The minimum Gasteiger partial charge on any atom is -0.342 e. The first-order chi connectivity index (χ1) is 11.7. The summed E-state index contributed by atoms with van der Waals surface area (Å²) < 4.78 is 2.05. The molecule has 4 heterocycles. The van der Waals surface area contributed by atoms with Gasteiger partial charge in [-0.25, -0.2) is 4.98 Å². The third-order valence-corrected chi connectivity index (χ3v) is 4.20. The standard InChI is InChI=1S/C20H16N4/c1-4-16-9-21-10-19-15(3)23(8-7-18(16)19)12-17-13-24-11-14(2)5-6-20(24)22-17/h1,5-11,13H,3,12H2,2H3. The predicted octanol–water partition coefficient (Wildman–Crippen LogP) is 3.48. The first-order valence-corrected chi connectivity index (χ1v) is 7.68. The second-order valence-electron chi connectivity index (χ2n) is 5.89. The Labute approximate surface area is 140 Å². The molecule has 0 saturated carbocycles. The number of aryl methyl sites for hydroxylation is 1. The second kappa shape index (κ2) is 5.39. The molecule has 0 saturated heterocycles. The molecule has 0 N–H and O–H groups in total. The fourth-order valence-electron chi connectivity index (χ4n) is 2.96. The molecule has 0 bridgehead atoms. The van der Waals surface area contributed by atoms with Gasteiger partial charge in [-0.1, -0.05) is 18.6 Å². The maximum atomic E-state index is 5.55. The van der Waals surface area contributed by atoms with E-state index in [-0.39, 0.29) is 0 Å². The fourth-order valence-corrected chi connectivity index (χ4v) is 2.96. The quantitative estimate of drug-likeness (QED) is 0.679. The smallest absolute Gasteiger partial charge is 0.137 e. The minimum absolute atomic E-state index is 0.649. The van der Waals surface area contributed by atoms with Gasteiger partial charge in [0.15, 0.2) is 0 Å². The average molecular weight is 312 g/mol. The van der Waals surface area contributed by atoms with Crippen molar-refractivity contribution >= 4 is 17.4 Å². The molecular formula is C20H16N4. The number of terminal acetylenes is 1. The Kier molecular flexibility index (Phi) is 3.21.